The first-order valence-electron chi connectivity index (χ1n) is 6.76. The molecule has 1 aliphatic heterocycles. The number of nitrogens with zero attached hydrogens (tertiary/aromatic N) is 1. The molecule has 0 aromatic heterocycles. The van der Waals surface area contributed by atoms with Gasteiger partial charge in [-0.1, -0.05) is 25.7 Å². The van der Waals surface area contributed by atoms with Crippen molar-refractivity contribution < 1.29 is 9.84 Å². The molecule has 94 valence electrons. The lowest BCUT2D eigenvalue weighted by molar-refractivity contribution is -0.00379. The minimum Gasteiger partial charge on any atom is -0.396 e. The van der Waals surface area contributed by atoms with Crippen LogP contribution in [0.1, 0.15) is 38.5 Å². The van der Waals surface area contributed by atoms with E-state index in [9.17, 15) is 5.11 Å². The van der Waals surface area contributed by atoms with Crippen molar-refractivity contribution in [3.8, 4) is 0 Å². The van der Waals surface area contributed by atoms with Crippen LogP contribution in [-0.2, 0) is 4.74 Å². The van der Waals surface area contributed by atoms with Crippen molar-refractivity contribution in [3.05, 3.63) is 0 Å². The molecule has 0 bridgehead atoms. The summed E-state index contributed by atoms with van der Waals surface area (Å²) in [7, 11) is 0. The molecule has 1 aliphatic carbocycles. The van der Waals surface area contributed by atoms with Crippen molar-refractivity contribution in [2.45, 2.75) is 38.5 Å². The van der Waals surface area contributed by atoms with Crippen molar-refractivity contribution in [1.29, 1.82) is 0 Å². The largest absolute Gasteiger partial charge is 0.396 e. The molecule has 0 unspecified atom stereocenters. The molecule has 0 radical (unpaired) electrons. The van der Waals surface area contributed by atoms with E-state index in [4.69, 9.17) is 4.74 Å². The van der Waals surface area contributed by atoms with E-state index in [1.807, 2.05) is 0 Å². The maximum absolute atomic E-state index is 9.74. The van der Waals surface area contributed by atoms with Gasteiger partial charge in [0.2, 0.25) is 0 Å². The van der Waals surface area contributed by atoms with Crippen LogP contribution in [0.15, 0.2) is 0 Å². The van der Waals surface area contributed by atoms with E-state index in [2.05, 4.69) is 4.90 Å². The molecule has 2 rings (SSSR count). The summed E-state index contributed by atoms with van der Waals surface area (Å²) in [6.45, 7) is 5.25. The Morgan fingerprint density at radius 3 is 2.19 bits per heavy atom. The van der Waals surface area contributed by atoms with Gasteiger partial charge in [0.15, 0.2) is 0 Å². The highest BCUT2D eigenvalue weighted by Crippen LogP contribution is 2.35. The number of hydrogen-bond donors (Lipinski definition) is 1. The van der Waals surface area contributed by atoms with Crippen molar-refractivity contribution in [3.63, 3.8) is 0 Å². The minimum atomic E-state index is 0.188. The van der Waals surface area contributed by atoms with E-state index in [0.717, 1.165) is 32.8 Å². The van der Waals surface area contributed by atoms with Gasteiger partial charge in [0, 0.05) is 31.7 Å². The minimum absolute atomic E-state index is 0.188. The molecule has 0 atom stereocenters. The zero-order chi connectivity index (χ0) is 11.3. The summed E-state index contributed by atoms with van der Waals surface area (Å²) in [6, 6.07) is 0. The lowest BCUT2D eigenvalue weighted by atomic mass is 9.80. The first-order valence-corrected chi connectivity index (χ1v) is 6.76. The van der Waals surface area contributed by atoms with Gasteiger partial charge in [0.25, 0.3) is 0 Å². The van der Waals surface area contributed by atoms with Crippen LogP contribution in [0, 0.1) is 5.41 Å². The Bertz CT molecular complexity index is 194. The highest BCUT2D eigenvalue weighted by molar-refractivity contribution is 4.85. The molecule has 16 heavy (non-hydrogen) atoms. The summed E-state index contributed by atoms with van der Waals surface area (Å²) in [5.41, 5.74) is 0.188. The van der Waals surface area contributed by atoms with Gasteiger partial charge in [-0.05, 0) is 12.8 Å². The van der Waals surface area contributed by atoms with Crippen LogP contribution in [0.5, 0.6) is 0 Å². The highest BCUT2D eigenvalue weighted by atomic mass is 16.5. The smallest absolute Gasteiger partial charge is 0.0594 e. The molecular weight excluding hydrogens is 202 g/mol. The van der Waals surface area contributed by atoms with Gasteiger partial charge < -0.3 is 9.84 Å². The molecule has 0 aromatic rings. The fourth-order valence-corrected chi connectivity index (χ4v) is 3.08. The van der Waals surface area contributed by atoms with Crippen LogP contribution in [0.25, 0.3) is 0 Å². The second-order valence-corrected chi connectivity index (χ2v) is 5.46. The predicted molar refractivity (Wildman–Crippen MR) is 64.5 cm³/mol. The molecule has 1 N–H and O–H groups in total. The number of morpholine rings is 1. The SMILES string of the molecule is OCC1(CN2CCOCC2)CCCCCC1. The third-order valence-electron chi connectivity index (χ3n) is 4.16. The lowest BCUT2D eigenvalue weighted by Gasteiger charge is -2.38. The lowest BCUT2D eigenvalue weighted by Crippen LogP contribution is -2.45. The first kappa shape index (κ1) is 12.3. The maximum Gasteiger partial charge on any atom is 0.0594 e. The second-order valence-electron chi connectivity index (χ2n) is 5.46. The normalized spacial score (nSPS) is 27.6. The Hall–Kier alpha value is -0.120. The Morgan fingerprint density at radius 1 is 1.00 bits per heavy atom. The van der Waals surface area contributed by atoms with Crippen LogP contribution in [0.4, 0.5) is 0 Å². The van der Waals surface area contributed by atoms with Crippen LogP contribution >= 0.6 is 0 Å². The molecule has 2 aliphatic rings. The number of aliphatic hydroxyl groups excluding tert-OH is 1. The van der Waals surface area contributed by atoms with Crippen molar-refractivity contribution in [1.82, 2.24) is 4.90 Å². The molecule has 0 spiro atoms. The zero-order valence-corrected chi connectivity index (χ0v) is 10.3. The van der Waals surface area contributed by atoms with Gasteiger partial charge >= 0.3 is 0 Å². The van der Waals surface area contributed by atoms with E-state index < -0.39 is 0 Å². The van der Waals surface area contributed by atoms with Crippen molar-refractivity contribution in [2.75, 3.05) is 39.5 Å². The number of ether oxygens (including phenoxy) is 1. The van der Waals surface area contributed by atoms with Crippen LogP contribution in [0.2, 0.25) is 0 Å². The molecule has 1 saturated carbocycles. The van der Waals surface area contributed by atoms with Gasteiger partial charge in [-0.15, -0.1) is 0 Å². The van der Waals surface area contributed by atoms with E-state index in [0.29, 0.717) is 6.61 Å². The third kappa shape index (κ3) is 3.19. The monoisotopic (exact) mass is 227 g/mol. The average Bonchev–Trinajstić information content (AvgIpc) is 2.57. The first-order chi connectivity index (χ1) is 7.85. The summed E-state index contributed by atoms with van der Waals surface area (Å²) in [5.74, 6) is 0. The van der Waals surface area contributed by atoms with Gasteiger partial charge in [-0.3, -0.25) is 4.90 Å². The van der Waals surface area contributed by atoms with Crippen molar-refractivity contribution >= 4 is 0 Å². The summed E-state index contributed by atoms with van der Waals surface area (Å²) in [5, 5.41) is 9.74. The molecular formula is C13H25NO2. The highest BCUT2D eigenvalue weighted by Gasteiger charge is 2.32. The molecule has 3 heteroatoms. The quantitative estimate of drug-likeness (QED) is 0.744. The molecule has 1 saturated heterocycles. The van der Waals surface area contributed by atoms with E-state index in [-0.39, 0.29) is 5.41 Å². The molecule has 3 nitrogen and oxygen atoms in total. The molecule has 0 amide bonds. The summed E-state index contributed by atoms with van der Waals surface area (Å²) in [6.07, 6.45) is 7.72. The topological polar surface area (TPSA) is 32.7 Å². The fourth-order valence-electron chi connectivity index (χ4n) is 3.08. The average molecular weight is 227 g/mol. The van der Waals surface area contributed by atoms with Gasteiger partial charge in [0.05, 0.1) is 13.2 Å². The number of rotatable bonds is 3. The Morgan fingerprint density at radius 2 is 1.62 bits per heavy atom. The molecule has 1 heterocycles. The van der Waals surface area contributed by atoms with Crippen LogP contribution in [-0.4, -0.2) is 49.5 Å². The van der Waals surface area contributed by atoms with E-state index in [1.54, 1.807) is 0 Å². The predicted octanol–water partition coefficient (Wildman–Crippen LogP) is 1.65. The van der Waals surface area contributed by atoms with Crippen LogP contribution < -0.4 is 0 Å². The van der Waals surface area contributed by atoms with Gasteiger partial charge in [0.1, 0.15) is 0 Å². The van der Waals surface area contributed by atoms with Crippen molar-refractivity contribution in [2.24, 2.45) is 5.41 Å². The summed E-state index contributed by atoms with van der Waals surface area (Å²) < 4.78 is 5.38. The standard InChI is InChI=1S/C13H25NO2/c15-12-13(5-3-1-2-4-6-13)11-14-7-9-16-10-8-14/h15H,1-12H2. The third-order valence-corrected chi connectivity index (χ3v) is 4.16. The van der Waals surface area contributed by atoms with E-state index in [1.165, 1.54) is 38.5 Å². The van der Waals surface area contributed by atoms with E-state index >= 15 is 0 Å². The van der Waals surface area contributed by atoms with Gasteiger partial charge in [-0.2, -0.15) is 0 Å². The number of aliphatic hydroxyl groups is 1. The fraction of sp³-hybridized carbons (Fsp3) is 1.00. The summed E-state index contributed by atoms with van der Waals surface area (Å²) >= 11 is 0. The Balaban J connectivity index is 1.90. The Labute approximate surface area is 98.8 Å². The van der Waals surface area contributed by atoms with Crippen LogP contribution in [0.3, 0.4) is 0 Å². The summed E-state index contributed by atoms with van der Waals surface area (Å²) in [4.78, 5) is 2.48. The molecule has 0 aromatic carbocycles. The zero-order valence-electron chi connectivity index (χ0n) is 10.3. The maximum atomic E-state index is 9.74. The Kier molecular flexibility index (Phi) is 4.62. The number of hydrogen-bond acceptors (Lipinski definition) is 3. The second kappa shape index (κ2) is 5.99. The van der Waals surface area contributed by atoms with Gasteiger partial charge in [-0.25, -0.2) is 0 Å². The molecule has 2 fully saturated rings.